The number of aromatic nitrogens is 4. The molecule has 0 amide bonds. The van der Waals surface area contributed by atoms with Gasteiger partial charge in [0.25, 0.3) is 0 Å². The van der Waals surface area contributed by atoms with Crippen LogP contribution in [0, 0.1) is 22.7 Å². The third-order valence-corrected chi connectivity index (χ3v) is 5.52. The van der Waals surface area contributed by atoms with Crippen LogP contribution >= 0.6 is 15.9 Å². The van der Waals surface area contributed by atoms with Crippen molar-refractivity contribution in [2.24, 2.45) is 0 Å². The van der Waals surface area contributed by atoms with E-state index in [1.807, 2.05) is 54.6 Å². The third-order valence-electron chi connectivity index (χ3n) is 5.03. The first-order chi connectivity index (χ1) is 15.2. The Kier molecular flexibility index (Phi) is 4.59. The number of fused-ring (bicyclic) bond motifs is 6. The van der Waals surface area contributed by atoms with E-state index < -0.39 is 0 Å². The number of para-hydroxylation sites is 1. The van der Waals surface area contributed by atoms with Crippen molar-refractivity contribution in [3.63, 3.8) is 0 Å². The fraction of sp³-hybridized carbons (Fsp3) is 0. The van der Waals surface area contributed by atoms with E-state index >= 15 is 0 Å². The summed E-state index contributed by atoms with van der Waals surface area (Å²) in [7, 11) is 0. The Balaban J connectivity index is 0.000000132. The molecule has 6 nitrogen and oxygen atoms in total. The molecule has 0 aliphatic rings. The van der Waals surface area contributed by atoms with Crippen LogP contribution in [-0.4, -0.2) is 19.9 Å². The zero-order valence-electron chi connectivity index (χ0n) is 16.0. The Labute approximate surface area is 184 Å². The highest BCUT2D eigenvalue weighted by molar-refractivity contribution is 9.10. The van der Waals surface area contributed by atoms with Crippen molar-refractivity contribution >= 4 is 59.8 Å². The number of nitriles is 2. The van der Waals surface area contributed by atoms with Crippen LogP contribution in [0.15, 0.2) is 71.5 Å². The molecular weight excluding hydrogens is 452 g/mol. The molecule has 6 aromatic rings. The highest BCUT2D eigenvalue weighted by atomic mass is 79.9. The Hall–Kier alpha value is -4.20. The summed E-state index contributed by atoms with van der Waals surface area (Å²) in [5, 5.41) is 21.8. The predicted molar refractivity (Wildman–Crippen MR) is 124 cm³/mol. The van der Waals surface area contributed by atoms with Gasteiger partial charge in [-0.1, -0.05) is 34.1 Å². The summed E-state index contributed by atoms with van der Waals surface area (Å²) in [6.07, 6.45) is 3.16. The van der Waals surface area contributed by atoms with Crippen LogP contribution in [0.5, 0.6) is 0 Å². The average molecular weight is 465 g/mol. The molecule has 0 aliphatic heterocycles. The van der Waals surface area contributed by atoms with Crippen molar-refractivity contribution in [3.8, 4) is 12.1 Å². The predicted octanol–water partition coefficient (Wildman–Crippen LogP) is 5.94. The lowest BCUT2D eigenvalue weighted by Gasteiger charge is -1.92. The summed E-state index contributed by atoms with van der Waals surface area (Å²) in [6, 6.07) is 21.9. The van der Waals surface area contributed by atoms with Crippen molar-refractivity contribution in [1.29, 1.82) is 10.5 Å². The van der Waals surface area contributed by atoms with Gasteiger partial charge in [-0.3, -0.25) is 0 Å². The zero-order valence-corrected chi connectivity index (χ0v) is 17.6. The number of pyridine rings is 2. The van der Waals surface area contributed by atoms with Crippen LogP contribution < -0.4 is 0 Å². The van der Waals surface area contributed by atoms with Gasteiger partial charge in [-0.05, 0) is 36.4 Å². The third kappa shape index (κ3) is 3.38. The smallest absolute Gasteiger partial charge is 0.138 e. The Morgan fingerprint density at radius 2 is 1.26 bits per heavy atom. The summed E-state index contributed by atoms with van der Waals surface area (Å²) in [4.78, 5) is 14.9. The standard InChI is InChI=1S/C12H6BrN3.C12H7N3/c13-8-1-2-11-9(4-8)10-3-7(5-14)6-15-12(10)16-11;13-6-8-5-10-9-3-1-2-4-11(9)15-12(10)14-7-8/h1-4,6H,(H,15,16);1-5,7H,(H,14,15). The minimum atomic E-state index is 0.577. The highest BCUT2D eigenvalue weighted by Crippen LogP contribution is 2.27. The number of hydrogen-bond donors (Lipinski definition) is 2. The second kappa shape index (κ2) is 7.56. The van der Waals surface area contributed by atoms with Crippen molar-refractivity contribution in [3.05, 3.63) is 82.6 Å². The first-order valence-electron chi connectivity index (χ1n) is 9.40. The van der Waals surface area contributed by atoms with E-state index in [4.69, 9.17) is 10.5 Å². The van der Waals surface area contributed by atoms with Crippen molar-refractivity contribution in [2.75, 3.05) is 0 Å². The van der Waals surface area contributed by atoms with E-state index in [1.165, 1.54) is 0 Å². The first kappa shape index (κ1) is 18.8. The van der Waals surface area contributed by atoms with E-state index in [1.54, 1.807) is 12.4 Å². The number of nitrogens with zero attached hydrogens (tertiary/aromatic N) is 4. The minimum Gasteiger partial charge on any atom is -0.339 e. The minimum absolute atomic E-state index is 0.577. The SMILES string of the molecule is N#Cc1cnc2[nH]c3ccc(Br)cc3c2c1.N#Cc1cnc2[nH]c3ccccc3c2c1. The van der Waals surface area contributed by atoms with Crippen molar-refractivity contribution < 1.29 is 0 Å². The molecule has 0 aliphatic carbocycles. The van der Waals surface area contributed by atoms with Gasteiger partial charge in [-0.15, -0.1) is 0 Å². The van der Waals surface area contributed by atoms with Gasteiger partial charge in [0.15, 0.2) is 0 Å². The van der Waals surface area contributed by atoms with Gasteiger partial charge in [-0.2, -0.15) is 10.5 Å². The molecule has 4 aromatic heterocycles. The van der Waals surface area contributed by atoms with Crippen LogP contribution in [0.2, 0.25) is 0 Å². The normalized spacial score (nSPS) is 10.7. The Bertz CT molecular complexity index is 1680. The summed E-state index contributed by atoms with van der Waals surface area (Å²) < 4.78 is 1.02. The number of halogens is 1. The van der Waals surface area contributed by atoms with E-state index in [-0.39, 0.29) is 0 Å². The lowest BCUT2D eigenvalue weighted by atomic mass is 10.1. The quantitative estimate of drug-likeness (QED) is 0.290. The molecule has 0 fully saturated rings. The largest absolute Gasteiger partial charge is 0.339 e. The van der Waals surface area contributed by atoms with Gasteiger partial charge in [0.05, 0.1) is 11.1 Å². The first-order valence-corrected chi connectivity index (χ1v) is 10.2. The maximum Gasteiger partial charge on any atom is 0.138 e. The molecule has 0 saturated heterocycles. The number of benzene rings is 2. The molecule has 7 heteroatoms. The van der Waals surface area contributed by atoms with Crippen LogP contribution in [0.1, 0.15) is 11.1 Å². The summed E-state index contributed by atoms with van der Waals surface area (Å²) in [6.45, 7) is 0. The fourth-order valence-electron chi connectivity index (χ4n) is 3.59. The fourth-order valence-corrected chi connectivity index (χ4v) is 3.95. The molecule has 0 bridgehead atoms. The number of rotatable bonds is 0. The summed E-state index contributed by atoms with van der Waals surface area (Å²) in [5.41, 5.74) is 4.89. The molecule has 6 rings (SSSR count). The Morgan fingerprint density at radius 3 is 1.90 bits per heavy atom. The van der Waals surface area contributed by atoms with E-state index in [2.05, 4.69) is 48.0 Å². The van der Waals surface area contributed by atoms with E-state index in [0.717, 1.165) is 48.3 Å². The molecule has 0 spiro atoms. The van der Waals surface area contributed by atoms with Gasteiger partial charge < -0.3 is 9.97 Å². The molecule has 2 aromatic carbocycles. The summed E-state index contributed by atoms with van der Waals surface area (Å²) >= 11 is 3.44. The molecular formula is C24H13BrN6. The number of hydrogen-bond acceptors (Lipinski definition) is 4. The number of H-pyrrole nitrogens is 2. The zero-order chi connectivity index (χ0) is 21.4. The highest BCUT2D eigenvalue weighted by Gasteiger charge is 2.06. The van der Waals surface area contributed by atoms with Crippen LogP contribution in [-0.2, 0) is 0 Å². The van der Waals surface area contributed by atoms with Gasteiger partial charge in [0.2, 0.25) is 0 Å². The number of aromatic amines is 2. The molecule has 0 radical (unpaired) electrons. The average Bonchev–Trinajstić information content (AvgIpc) is 3.36. The molecule has 0 unspecified atom stereocenters. The second-order valence-electron chi connectivity index (χ2n) is 6.95. The van der Waals surface area contributed by atoms with Crippen molar-refractivity contribution in [2.45, 2.75) is 0 Å². The molecule has 0 atom stereocenters. The topological polar surface area (TPSA) is 105 Å². The van der Waals surface area contributed by atoms with E-state index in [9.17, 15) is 0 Å². The van der Waals surface area contributed by atoms with Crippen LogP contribution in [0.3, 0.4) is 0 Å². The van der Waals surface area contributed by atoms with Gasteiger partial charge in [0.1, 0.15) is 23.4 Å². The van der Waals surface area contributed by atoms with Crippen LogP contribution in [0.25, 0.3) is 43.9 Å². The molecule has 0 saturated carbocycles. The van der Waals surface area contributed by atoms with Gasteiger partial charge >= 0.3 is 0 Å². The molecule has 31 heavy (non-hydrogen) atoms. The van der Waals surface area contributed by atoms with Gasteiger partial charge in [0, 0.05) is 49.4 Å². The van der Waals surface area contributed by atoms with Gasteiger partial charge in [-0.25, -0.2) is 9.97 Å². The second-order valence-corrected chi connectivity index (χ2v) is 7.87. The molecule has 146 valence electrons. The van der Waals surface area contributed by atoms with E-state index in [0.29, 0.717) is 11.1 Å². The molecule has 2 N–H and O–H groups in total. The van der Waals surface area contributed by atoms with Crippen molar-refractivity contribution in [1.82, 2.24) is 19.9 Å². The maximum absolute atomic E-state index is 8.85. The monoisotopic (exact) mass is 464 g/mol. The van der Waals surface area contributed by atoms with Crippen LogP contribution in [0.4, 0.5) is 0 Å². The lowest BCUT2D eigenvalue weighted by molar-refractivity contribution is 1.32. The number of nitrogens with one attached hydrogen (secondary N) is 2. The lowest BCUT2D eigenvalue weighted by Crippen LogP contribution is -1.78. The Morgan fingerprint density at radius 1 is 0.677 bits per heavy atom. The maximum atomic E-state index is 8.85. The molecule has 4 heterocycles. The summed E-state index contributed by atoms with van der Waals surface area (Å²) in [5.74, 6) is 0.